The number of amides is 1. The zero-order valence-electron chi connectivity index (χ0n) is 12.0. The minimum absolute atomic E-state index is 0.0149. The molecule has 108 valence electrons. The highest BCUT2D eigenvalue weighted by Crippen LogP contribution is 2.45. The Morgan fingerprint density at radius 1 is 0.955 bits per heavy atom. The summed E-state index contributed by atoms with van der Waals surface area (Å²) in [6, 6.07) is 19.8. The molecule has 2 aromatic carbocycles. The van der Waals surface area contributed by atoms with Crippen LogP contribution in [0.4, 0.5) is 5.69 Å². The number of carbonyl (C=O) groups excluding carboxylic acids is 1. The predicted molar refractivity (Wildman–Crippen MR) is 84.7 cm³/mol. The third-order valence-electron chi connectivity index (χ3n) is 4.34. The van der Waals surface area contributed by atoms with Gasteiger partial charge in [-0.1, -0.05) is 48.5 Å². The third-order valence-corrected chi connectivity index (χ3v) is 4.34. The molecule has 3 nitrogen and oxygen atoms in total. The maximum atomic E-state index is 12.9. The second-order valence-corrected chi connectivity index (χ2v) is 5.58. The average molecular weight is 289 g/mol. The molecule has 1 atom stereocenters. The monoisotopic (exact) mass is 289 g/mol. The molecule has 1 aliphatic heterocycles. The van der Waals surface area contributed by atoms with E-state index in [1.165, 1.54) is 0 Å². The number of furan rings is 1. The van der Waals surface area contributed by atoms with E-state index >= 15 is 0 Å². The highest BCUT2D eigenvalue weighted by atomic mass is 16.3. The van der Waals surface area contributed by atoms with Crippen LogP contribution in [0.3, 0.4) is 0 Å². The van der Waals surface area contributed by atoms with Crippen molar-refractivity contribution in [3.63, 3.8) is 0 Å². The third kappa shape index (κ3) is 1.79. The lowest BCUT2D eigenvalue weighted by Gasteiger charge is -2.27. The Balaban J connectivity index is 1.95. The summed E-state index contributed by atoms with van der Waals surface area (Å²) in [6.07, 6.45) is 3.93. The summed E-state index contributed by atoms with van der Waals surface area (Å²) in [4.78, 5) is 12.9. The van der Waals surface area contributed by atoms with Crippen LogP contribution >= 0.6 is 0 Å². The van der Waals surface area contributed by atoms with Crippen molar-refractivity contribution in [1.82, 2.24) is 0 Å². The van der Waals surface area contributed by atoms with E-state index in [1.807, 2.05) is 60.7 Å². The first kappa shape index (κ1) is 12.9. The predicted octanol–water partition coefficient (Wildman–Crippen LogP) is 3.76. The Morgan fingerprint density at radius 2 is 1.73 bits per heavy atom. The normalized spacial score (nSPS) is 19.7. The van der Waals surface area contributed by atoms with Gasteiger partial charge >= 0.3 is 0 Å². The number of anilines is 1. The van der Waals surface area contributed by atoms with E-state index in [9.17, 15) is 4.79 Å². The van der Waals surface area contributed by atoms with Crippen LogP contribution in [0.25, 0.3) is 0 Å². The summed E-state index contributed by atoms with van der Waals surface area (Å²) < 4.78 is 5.20. The van der Waals surface area contributed by atoms with Crippen LogP contribution in [-0.4, -0.2) is 5.91 Å². The second kappa shape index (κ2) is 4.88. The molecule has 1 aliphatic rings. The van der Waals surface area contributed by atoms with E-state index in [0.29, 0.717) is 6.42 Å². The van der Waals surface area contributed by atoms with Gasteiger partial charge in [0.05, 0.1) is 12.5 Å². The van der Waals surface area contributed by atoms with Gasteiger partial charge in [0, 0.05) is 5.69 Å². The number of hydrogen-bond donors (Lipinski definition) is 1. The molecule has 0 unspecified atom stereocenters. The fourth-order valence-electron chi connectivity index (χ4n) is 3.30. The number of nitrogens with one attached hydrogen (secondary N) is 1. The summed E-state index contributed by atoms with van der Waals surface area (Å²) in [7, 11) is 0. The summed E-state index contributed by atoms with van der Waals surface area (Å²) in [6.45, 7) is 0. The summed E-state index contributed by atoms with van der Waals surface area (Å²) in [5, 5.41) is 3.03. The van der Waals surface area contributed by atoms with Gasteiger partial charge in [-0.05, 0) is 35.2 Å². The molecule has 1 aromatic heterocycles. The number of rotatable bonds is 3. The standard InChI is InChI=1S/C19H15NO2/c21-18-19(12-14-10-11-22-13-14,15-6-2-1-3-7-15)16-8-4-5-9-17(16)20-18/h1-11,13H,12H2,(H,20,21)/t19-/m0/s1. The lowest BCUT2D eigenvalue weighted by molar-refractivity contribution is -0.119. The quantitative estimate of drug-likeness (QED) is 0.797. The zero-order valence-corrected chi connectivity index (χ0v) is 12.0. The Kier molecular flexibility index (Phi) is 2.86. The molecular weight excluding hydrogens is 274 g/mol. The van der Waals surface area contributed by atoms with E-state index in [-0.39, 0.29) is 5.91 Å². The van der Waals surface area contributed by atoms with E-state index < -0.39 is 5.41 Å². The molecule has 0 aliphatic carbocycles. The SMILES string of the molecule is O=C1Nc2ccccc2[C@]1(Cc1ccoc1)c1ccccc1. The number of carbonyl (C=O) groups is 1. The van der Waals surface area contributed by atoms with Crippen molar-refractivity contribution >= 4 is 11.6 Å². The van der Waals surface area contributed by atoms with Gasteiger partial charge in [0.15, 0.2) is 0 Å². The number of fused-ring (bicyclic) bond motifs is 1. The Labute approximate surface area is 128 Å². The molecule has 3 heteroatoms. The first-order valence-electron chi connectivity index (χ1n) is 7.28. The lowest BCUT2D eigenvalue weighted by atomic mass is 9.71. The van der Waals surface area contributed by atoms with Crippen molar-refractivity contribution in [1.29, 1.82) is 0 Å². The zero-order chi connectivity index (χ0) is 15.0. The van der Waals surface area contributed by atoms with E-state index in [0.717, 1.165) is 22.4 Å². The maximum absolute atomic E-state index is 12.9. The van der Waals surface area contributed by atoms with Crippen LogP contribution in [0.1, 0.15) is 16.7 Å². The topological polar surface area (TPSA) is 42.2 Å². The van der Waals surface area contributed by atoms with E-state index in [2.05, 4.69) is 5.32 Å². The van der Waals surface area contributed by atoms with Crippen LogP contribution in [0, 0.1) is 0 Å². The van der Waals surface area contributed by atoms with Gasteiger partial charge in [-0.3, -0.25) is 4.79 Å². The summed E-state index contributed by atoms with van der Waals surface area (Å²) in [5.41, 5.74) is 3.21. The highest BCUT2D eigenvalue weighted by molar-refractivity contribution is 6.08. The molecule has 3 aromatic rings. The van der Waals surface area contributed by atoms with E-state index in [1.54, 1.807) is 12.5 Å². The van der Waals surface area contributed by atoms with Crippen molar-refractivity contribution in [2.24, 2.45) is 0 Å². The molecule has 0 saturated carbocycles. The van der Waals surface area contributed by atoms with Crippen LogP contribution in [0.2, 0.25) is 0 Å². The minimum atomic E-state index is -0.707. The van der Waals surface area contributed by atoms with Crippen molar-refractivity contribution < 1.29 is 9.21 Å². The molecule has 0 fully saturated rings. The lowest BCUT2D eigenvalue weighted by Crippen LogP contribution is -2.37. The van der Waals surface area contributed by atoms with E-state index in [4.69, 9.17) is 4.42 Å². The molecule has 0 bridgehead atoms. The van der Waals surface area contributed by atoms with Crippen molar-refractivity contribution in [2.75, 3.05) is 5.32 Å². The largest absolute Gasteiger partial charge is 0.472 e. The summed E-state index contributed by atoms with van der Waals surface area (Å²) in [5.74, 6) is 0.0149. The molecule has 1 amide bonds. The van der Waals surface area contributed by atoms with Crippen molar-refractivity contribution in [3.05, 3.63) is 89.9 Å². The first-order valence-corrected chi connectivity index (χ1v) is 7.28. The molecule has 0 spiro atoms. The number of para-hydroxylation sites is 1. The first-order chi connectivity index (χ1) is 10.8. The number of benzene rings is 2. The molecular formula is C19H15NO2. The van der Waals surface area contributed by atoms with Gasteiger partial charge < -0.3 is 9.73 Å². The van der Waals surface area contributed by atoms with Crippen LogP contribution < -0.4 is 5.32 Å². The van der Waals surface area contributed by atoms with Crippen molar-refractivity contribution in [2.45, 2.75) is 11.8 Å². The maximum Gasteiger partial charge on any atom is 0.239 e. The fourth-order valence-corrected chi connectivity index (χ4v) is 3.30. The Morgan fingerprint density at radius 3 is 2.50 bits per heavy atom. The smallest absolute Gasteiger partial charge is 0.239 e. The second-order valence-electron chi connectivity index (χ2n) is 5.58. The van der Waals surface area contributed by atoms with Crippen LogP contribution in [-0.2, 0) is 16.6 Å². The molecule has 4 rings (SSSR count). The van der Waals surface area contributed by atoms with Crippen molar-refractivity contribution in [3.8, 4) is 0 Å². The highest BCUT2D eigenvalue weighted by Gasteiger charge is 2.48. The molecule has 22 heavy (non-hydrogen) atoms. The molecule has 2 heterocycles. The molecule has 0 radical (unpaired) electrons. The van der Waals surface area contributed by atoms with Gasteiger partial charge in [0.25, 0.3) is 0 Å². The van der Waals surface area contributed by atoms with Gasteiger partial charge in [0.1, 0.15) is 5.41 Å². The minimum Gasteiger partial charge on any atom is -0.472 e. The fraction of sp³-hybridized carbons (Fsp3) is 0.105. The van der Waals surface area contributed by atoms with Gasteiger partial charge in [-0.25, -0.2) is 0 Å². The van der Waals surface area contributed by atoms with Gasteiger partial charge in [0.2, 0.25) is 5.91 Å². The summed E-state index contributed by atoms with van der Waals surface area (Å²) >= 11 is 0. The van der Waals surface area contributed by atoms with Gasteiger partial charge in [-0.15, -0.1) is 0 Å². The number of hydrogen-bond acceptors (Lipinski definition) is 2. The average Bonchev–Trinajstić information content (AvgIpc) is 3.16. The Hall–Kier alpha value is -2.81. The van der Waals surface area contributed by atoms with Crippen LogP contribution in [0.5, 0.6) is 0 Å². The Bertz CT molecular complexity index is 808. The van der Waals surface area contributed by atoms with Gasteiger partial charge in [-0.2, -0.15) is 0 Å². The van der Waals surface area contributed by atoms with Crippen LogP contribution in [0.15, 0.2) is 77.6 Å². The molecule has 0 saturated heterocycles. The molecule has 1 N–H and O–H groups in total.